The summed E-state index contributed by atoms with van der Waals surface area (Å²) < 4.78 is 46.2. The fourth-order valence-corrected chi connectivity index (χ4v) is 5.75. The number of nitrogens with zero attached hydrogens (tertiary/aromatic N) is 2. The standard InChI is InChI=1S/C24H22N4O5S/c29-34(30,17-8-7-15-4-1-2-5-16(15)12-17)28-20-14-33-22-19(13-32-23(20)22)27-24-25-10-9-18(26-24)21-6-3-11-31-21/h1-12,19-20,22-23,28H,13-14H2,(H,25,26,27). The maximum absolute atomic E-state index is 13.1. The fraction of sp³-hybridized carbons (Fsp3) is 0.250. The number of hydrogen-bond donors (Lipinski definition) is 2. The van der Waals surface area contributed by atoms with Crippen LogP contribution in [0.3, 0.4) is 0 Å². The molecule has 4 heterocycles. The summed E-state index contributed by atoms with van der Waals surface area (Å²) in [5.74, 6) is 1.07. The van der Waals surface area contributed by atoms with Gasteiger partial charge in [0.15, 0.2) is 5.76 Å². The lowest BCUT2D eigenvalue weighted by Crippen LogP contribution is -2.44. The van der Waals surface area contributed by atoms with Crippen molar-refractivity contribution in [3.63, 3.8) is 0 Å². The highest BCUT2D eigenvalue weighted by molar-refractivity contribution is 7.89. The Hall–Kier alpha value is -3.31. The van der Waals surface area contributed by atoms with Gasteiger partial charge in [0, 0.05) is 6.20 Å². The van der Waals surface area contributed by atoms with Crippen LogP contribution in [0.1, 0.15) is 0 Å². The number of benzene rings is 2. The molecule has 174 valence electrons. The Kier molecular flexibility index (Phi) is 5.30. The molecule has 2 aromatic carbocycles. The van der Waals surface area contributed by atoms with Gasteiger partial charge in [0.2, 0.25) is 16.0 Å². The zero-order valence-electron chi connectivity index (χ0n) is 18.0. The topological polar surface area (TPSA) is 116 Å². The molecule has 2 fully saturated rings. The summed E-state index contributed by atoms with van der Waals surface area (Å²) in [6, 6.07) is 17.4. The van der Waals surface area contributed by atoms with Crippen molar-refractivity contribution in [2.75, 3.05) is 18.5 Å². The lowest BCUT2D eigenvalue weighted by molar-refractivity contribution is 0.0690. The van der Waals surface area contributed by atoms with Gasteiger partial charge in [-0.2, -0.15) is 0 Å². The van der Waals surface area contributed by atoms with E-state index in [9.17, 15) is 8.42 Å². The molecule has 2 saturated heterocycles. The summed E-state index contributed by atoms with van der Waals surface area (Å²) in [5, 5.41) is 5.11. The van der Waals surface area contributed by atoms with Gasteiger partial charge in [-0.25, -0.2) is 23.1 Å². The molecule has 4 unspecified atom stereocenters. The maximum atomic E-state index is 13.1. The smallest absolute Gasteiger partial charge is 0.241 e. The Morgan fingerprint density at radius 2 is 1.68 bits per heavy atom. The Morgan fingerprint density at radius 1 is 0.882 bits per heavy atom. The number of sulfonamides is 1. The molecule has 0 spiro atoms. The van der Waals surface area contributed by atoms with E-state index in [4.69, 9.17) is 13.9 Å². The zero-order valence-corrected chi connectivity index (χ0v) is 18.8. The van der Waals surface area contributed by atoms with Gasteiger partial charge in [0.05, 0.1) is 36.5 Å². The molecule has 0 aliphatic carbocycles. The largest absolute Gasteiger partial charge is 0.463 e. The molecular formula is C24H22N4O5S. The Bertz CT molecular complexity index is 1430. The minimum Gasteiger partial charge on any atom is -0.463 e. The average molecular weight is 479 g/mol. The van der Waals surface area contributed by atoms with Gasteiger partial charge >= 0.3 is 0 Å². The van der Waals surface area contributed by atoms with Crippen LogP contribution >= 0.6 is 0 Å². The van der Waals surface area contributed by atoms with Crippen molar-refractivity contribution in [1.29, 1.82) is 0 Å². The second kappa shape index (κ2) is 8.48. The first-order valence-electron chi connectivity index (χ1n) is 10.9. The summed E-state index contributed by atoms with van der Waals surface area (Å²) >= 11 is 0. The molecule has 2 aliphatic heterocycles. The highest BCUT2D eigenvalue weighted by atomic mass is 32.2. The number of ether oxygens (including phenoxy) is 2. The van der Waals surface area contributed by atoms with E-state index in [1.165, 1.54) is 0 Å². The summed E-state index contributed by atoms with van der Waals surface area (Å²) in [7, 11) is -3.75. The van der Waals surface area contributed by atoms with Crippen molar-refractivity contribution < 1.29 is 22.3 Å². The molecule has 10 heteroatoms. The van der Waals surface area contributed by atoms with Gasteiger partial charge in [-0.1, -0.05) is 30.3 Å². The third-order valence-corrected chi connectivity index (χ3v) is 7.62. The maximum Gasteiger partial charge on any atom is 0.241 e. The Morgan fingerprint density at radius 3 is 2.50 bits per heavy atom. The van der Waals surface area contributed by atoms with E-state index in [0.29, 0.717) is 24.0 Å². The van der Waals surface area contributed by atoms with Crippen LogP contribution in [0.25, 0.3) is 22.2 Å². The van der Waals surface area contributed by atoms with Gasteiger partial charge in [0.25, 0.3) is 0 Å². The number of anilines is 1. The Labute approximate surface area is 196 Å². The van der Waals surface area contributed by atoms with Crippen molar-refractivity contribution in [2.24, 2.45) is 0 Å². The van der Waals surface area contributed by atoms with E-state index < -0.39 is 22.2 Å². The molecule has 2 N–H and O–H groups in total. The lowest BCUT2D eigenvalue weighted by Gasteiger charge is -2.18. The van der Waals surface area contributed by atoms with E-state index in [-0.39, 0.29) is 23.6 Å². The molecular weight excluding hydrogens is 456 g/mol. The van der Waals surface area contributed by atoms with Crippen molar-refractivity contribution in [3.05, 3.63) is 73.1 Å². The first-order valence-corrected chi connectivity index (χ1v) is 12.4. The summed E-state index contributed by atoms with van der Waals surface area (Å²) in [6.45, 7) is 0.561. The number of fused-ring (bicyclic) bond motifs is 2. The summed E-state index contributed by atoms with van der Waals surface area (Å²) in [5.41, 5.74) is 0.659. The second-order valence-electron chi connectivity index (χ2n) is 8.33. The van der Waals surface area contributed by atoms with Crippen LogP contribution in [0, 0.1) is 0 Å². The van der Waals surface area contributed by atoms with Crippen molar-refractivity contribution in [3.8, 4) is 11.5 Å². The quantitative estimate of drug-likeness (QED) is 0.435. The van der Waals surface area contributed by atoms with Crippen molar-refractivity contribution >= 4 is 26.7 Å². The van der Waals surface area contributed by atoms with Crippen LogP contribution in [-0.2, 0) is 19.5 Å². The van der Waals surface area contributed by atoms with E-state index in [1.807, 2.05) is 30.3 Å². The molecule has 4 aromatic rings. The first-order chi connectivity index (χ1) is 16.6. The highest BCUT2D eigenvalue weighted by Crippen LogP contribution is 2.30. The molecule has 2 aliphatic rings. The molecule has 0 amide bonds. The molecule has 4 atom stereocenters. The summed E-state index contributed by atoms with van der Waals surface area (Å²) in [6.07, 6.45) is 2.49. The molecule has 0 saturated carbocycles. The van der Waals surface area contributed by atoms with Crippen LogP contribution in [-0.4, -0.2) is 55.9 Å². The number of nitrogens with one attached hydrogen (secondary N) is 2. The van der Waals surface area contributed by atoms with Gasteiger partial charge in [-0.15, -0.1) is 0 Å². The van der Waals surface area contributed by atoms with Crippen LogP contribution in [0.5, 0.6) is 0 Å². The third-order valence-electron chi connectivity index (χ3n) is 6.13. The number of furan rings is 1. The summed E-state index contributed by atoms with van der Waals surface area (Å²) in [4.78, 5) is 8.99. The molecule has 34 heavy (non-hydrogen) atoms. The van der Waals surface area contributed by atoms with Crippen molar-refractivity contribution in [2.45, 2.75) is 29.2 Å². The van der Waals surface area contributed by atoms with Crippen LogP contribution < -0.4 is 10.0 Å². The van der Waals surface area contributed by atoms with E-state index in [0.717, 1.165) is 10.8 Å². The average Bonchev–Trinajstić information content (AvgIpc) is 3.60. The van der Waals surface area contributed by atoms with Crippen LogP contribution in [0.2, 0.25) is 0 Å². The van der Waals surface area contributed by atoms with Gasteiger partial charge in [-0.05, 0) is 41.1 Å². The lowest BCUT2D eigenvalue weighted by atomic mass is 10.1. The van der Waals surface area contributed by atoms with Gasteiger partial charge in [-0.3, -0.25) is 0 Å². The van der Waals surface area contributed by atoms with E-state index in [1.54, 1.807) is 42.8 Å². The normalized spacial score (nSPS) is 24.4. The monoisotopic (exact) mass is 478 g/mol. The predicted octanol–water partition coefficient (Wildman–Crippen LogP) is 2.82. The molecule has 9 nitrogen and oxygen atoms in total. The zero-order chi connectivity index (χ0) is 23.1. The Balaban J connectivity index is 1.15. The van der Waals surface area contributed by atoms with Gasteiger partial charge in [0.1, 0.15) is 17.9 Å². The SMILES string of the molecule is O=S(=O)(NC1COC2C(Nc3nccc(-c4ccco4)n3)COC12)c1ccc2ccccc2c1. The predicted molar refractivity (Wildman–Crippen MR) is 125 cm³/mol. The fourth-order valence-electron chi connectivity index (χ4n) is 4.48. The van der Waals surface area contributed by atoms with E-state index in [2.05, 4.69) is 20.0 Å². The van der Waals surface area contributed by atoms with E-state index >= 15 is 0 Å². The molecule has 0 radical (unpaired) electrons. The second-order valence-corrected chi connectivity index (χ2v) is 10.0. The third kappa shape index (κ3) is 3.94. The molecule has 6 rings (SSSR count). The van der Waals surface area contributed by atoms with Crippen LogP contribution in [0.15, 0.2) is 82.4 Å². The highest BCUT2D eigenvalue weighted by Gasteiger charge is 2.49. The first kappa shape index (κ1) is 21.2. The van der Waals surface area contributed by atoms with Gasteiger partial charge < -0.3 is 19.2 Å². The number of rotatable bonds is 6. The molecule has 2 aromatic heterocycles. The number of hydrogen-bond acceptors (Lipinski definition) is 8. The minimum absolute atomic E-state index is 0.213. The van der Waals surface area contributed by atoms with Crippen LogP contribution in [0.4, 0.5) is 5.95 Å². The minimum atomic E-state index is -3.75. The van der Waals surface area contributed by atoms with Crippen molar-refractivity contribution in [1.82, 2.24) is 14.7 Å². The number of aromatic nitrogens is 2. The molecule has 0 bridgehead atoms.